The van der Waals surface area contributed by atoms with Crippen LogP contribution >= 0.6 is 15.9 Å². The third-order valence-electron chi connectivity index (χ3n) is 2.97. The van der Waals surface area contributed by atoms with E-state index in [9.17, 15) is 0 Å². The molecule has 1 saturated heterocycles. The monoisotopic (exact) mass is 284 g/mol. The second kappa shape index (κ2) is 5.77. The molecule has 16 heavy (non-hydrogen) atoms. The van der Waals surface area contributed by atoms with Crippen LogP contribution in [0.2, 0.25) is 0 Å². The fourth-order valence-electron chi connectivity index (χ4n) is 2.11. The lowest BCUT2D eigenvalue weighted by atomic mass is 10.1. The van der Waals surface area contributed by atoms with Crippen LogP contribution in [-0.4, -0.2) is 37.7 Å². The molecule has 1 aromatic carbocycles. The lowest BCUT2D eigenvalue weighted by Gasteiger charge is -2.34. The van der Waals surface area contributed by atoms with Gasteiger partial charge in [-0.1, -0.05) is 34.1 Å². The van der Waals surface area contributed by atoms with E-state index >= 15 is 0 Å². The maximum atomic E-state index is 5.90. The van der Waals surface area contributed by atoms with Crippen molar-refractivity contribution in [2.45, 2.75) is 6.04 Å². The van der Waals surface area contributed by atoms with Crippen LogP contribution in [0.4, 0.5) is 0 Å². The van der Waals surface area contributed by atoms with Crippen molar-refractivity contribution < 1.29 is 4.74 Å². The molecule has 2 N–H and O–H groups in total. The van der Waals surface area contributed by atoms with Gasteiger partial charge < -0.3 is 10.5 Å². The Balaban J connectivity index is 2.18. The molecule has 1 unspecified atom stereocenters. The largest absolute Gasteiger partial charge is 0.379 e. The van der Waals surface area contributed by atoms with Gasteiger partial charge >= 0.3 is 0 Å². The molecule has 2 rings (SSSR count). The summed E-state index contributed by atoms with van der Waals surface area (Å²) in [6.07, 6.45) is 0. The van der Waals surface area contributed by atoms with Gasteiger partial charge in [0.25, 0.3) is 0 Å². The minimum Gasteiger partial charge on any atom is -0.379 e. The van der Waals surface area contributed by atoms with Crippen LogP contribution in [0.3, 0.4) is 0 Å². The smallest absolute Gasteiger partial charge is 0.0594 e. The first-order chi connectivity index (χ1) is 7.83. The van der Waals surface area contributed by atoms with E-state index in [2.05, 4.69) is 39.0 Å². The number of morpholine rings is 1. The molecule has 4 heteroatoms. The molecule has 1 atom stereocenters. The Morgan fingerprint density at radius 3 is 2.62 bits per heavy atom. The van der Waals surface area contributed by atoms with Crippen molar-refractivity contribution in [3.05, 3.63) is 34.3 Å². The van der Waals surface area contributed by atoms with Crippen LogP contribution in [-0.2, 0) is 4.74 Å². The maximum Gasteiger partial charge on any atom is 0.0594 e. The highest BCUT2D eigenvalue weighted by atomic mass is 79.9. The number of nitrogens with two attached hydrogens (primary N) is 1. The van der Waals surface area contributed by atoms with Gasteiger partial charge in [-0.25, -0.2) is 0 Å². The van der Waals surface area contributed by atoms with Crippen molar-refractivity contribution in [3.8, 4) is 0 Å². The standard InChI is InChI=1S/C12H17BrN2O/c13-11-4-2-1-3-10(11)12(9-14)15-5-7-16-8-6-15/h1-4,12H,5-9,14H2. The van der Waals surface area contributed by atoms with E-state index in [1.807, 2.05) is 6.07 Å². The number of ether oxygens (including phenoxy) is 1. The van der Waals surface area contributed by atoms with E-state index in [1.165, 1.54) is 5.56 Å². The van der Waals surface area contributed by atoms with E-state index in [-0.39, 0.29) is 0 Å². The lowest BCUT2D eigenvalue weighted by Crippen LogP contribution is -2.41. The SMILES string of the molecule is NCC(c1ccccc1Br)N1CCOCC1. The first kappa shape index (κ1) is 12.0. The second-order valence-corrected chi connectivity index (χ2v) is 4.78. The summed E-state index contributed by atoms with van der Waals surface area (Å²) in [4.78, 5) is 2.39. The zero-order valence-corrected chi connectivity index (χ0v) is 10.8. The Morgan fingerprint density at radius 2 is 2.00 bits per heavy atom. The molecule has 1 aromatic rings. The average molecular weight is 285 g/mol. The molecular formula is C12H17BrN2O. The van der Waals surface area contributed by atoms with Gasteiger partial charge in [-0.15, -0.1) is 0 Å². The molecule has 0 radical (unpaired) electrons. The highest BCUT2D eigenvalue weighted by Crippen LogP contribution is 2.27. The zero-order chi connectivity index (χ0) is 11.4. The predicted octanol–water partition coefficient (Wildman–Crippen LogP) is 1.78. The molecule has 0 amide bonds. The number of hydrogen-bond acceptors (Lipinski definition) is 3. The van der Waals surface area contributed by atoms with E-state index in [4.69, 9.17) is 10.5 Å². The van der Waals surface area contributed by atoms with E-state index in [0.29, 0.717) is 12.6 Å². The summed E-state index contributed by atoms with van der Waals surface area (Å²) in [5, 5.41) is 0. The Bertz CT molecular complexity index is 340. The van der Waals surface area contributed by atoms with Crippen LogP contribution in [0.5, 0.6) is 0 Å². The number of benzene rings is 1. The molecule has 1 heterocycles. The highest BCUT2D eigenvalue weighted by molar-refractivity contribution is 9.10. The highest BCUT2D eigenvalue weighted by Gasteiger charge is 2.22. The quantitative estimate of drug-likeness (QED) is 0.920. The van der Waals surface area contributed by atoms with Gasteiger partial charge in [0.2, 0.25) is 0 Å². The topological polar surface area (TPSA) is 38.5 Å². The van der Waals surface area contributed by atoms with Gasteiger partial charge in [-0.3, -0.25) is 4.90 Å². The van der Waals surface area contributed by atoms with Gasteiger partial charge in [0, 0.05) is 30.1 Å². The summed E-state index contributed by atoms with van der Waals surface area (Å²) in [5.41, 5.74) is 7.17. The summed E-state index contributed by atoms with van der Waals surface area (Å²) in [5.74, 6) is 0. The molecule has 1 aliphatic rings. The number of halogens is 1. The van der Waals surface area contributed by atoms with Crippen molar-refractivity contribution >= 4 is 15.9 Å². The Kier molecular flexibility index (Phi) is 4.35. The number of nitrogens with zero attached hydrogens (tertiary/aromatic N) is 1. The molecule has 0 spiro atoms. The molecule has 0 aliphatic carbocycles. The lowest BCUT2D eigenvalue weighted by molar-refractivity contribution is 0.0177. The number of hydrogen-bond donors (Lipinski definition) is 1. The normalized spacial score (nSPS) is 19.6. The van der Waals surface area contributed by atoms with E-state index in [1.54, 1.807) is 0 Å². The molecule has 88 valence electrons. The maximum absolute atomic E-state index is 5.90. The van der Waals surface area contributed by atoms with Crippen LogP contribution < -0.4 is 5.73 Å². The predicted molar refractivity (Wildman–Crippen MR) is 68.3 cm³/mol. The second-order valence-electron chi connectivity index (χ2n) is 3.92. The molecule has 1 aliphatic heterocycles. The van der Waals surface area contributed by atoms with Gasteiger partial charge in [0.05, 0.1) is 13.2 Å². The van der Waals surface area contributed by atoms with Crippen molar-refractivity contribution in [1.29, 1.82) is 0 Å². The molecule has 0 aromatic heterocycles. The first-order valence-electron chi connectivity index (χ1n) is 5.59. The third-order valence-corrected chi connectivity index (χ3v) is 3.70. The number of rotatable bonds is 3. The summed E-state index contributed by atoms with van der Waals surface area (Å²) >= 11 is 3.59. The van der Waals surface area contributed by atoms with E-state index in [0.717, 1.165) is 30.8 Å². The zero-order valence-electron chi connectivity index (χ0n) is 9.23. The molecule has 0 saturated carbocycles. The summed E-state index contributed by atoms with van der Waals surface area (Å²) in [7, 11) is 0. The fraction of sp³-hybridized carbons (Fsp3) is 0.500. The van der Waals surface area contributed by atoms with Gasteiger partial charge in [0.1, 0.15) is 0 Å². The first-order valence-corrected chi connectivity index (χ1v) is 6.38. The Hall–Kier alpha value is -0.420. The summed E-state index contributed by atoms with van der Waals surface area (Å²) in [6.45, 7) is 4.18. The van der Waals surface area contributed by atoms with Crippen molar-refractivity contribution in [1.82, 2.24) is 4.90 Å². The Labute approximate surface area is 105 Å². The van der Waals surface area contributed by atoms with Crippen LogP contribution in [0.15, 0.2) is 28.7 Å². The van der Waals surface area contributed by atoms with E-state index < -0.39 is 0 Å². The molecular weight excluding hydrogens is 268 g/mol. The molecule has 0 bridgehead atoms. The van der Waals surface area contributed by atoms with Crippen molar-refractivity contribution in [2.24, 2.45) is 5.73 Å². The summed E-state index contributed by atoms with van der Waals surface area (Å²) in [6, 6.07) is 8.58. The van der Waals surface area contributed by atoms with Crippen molar-refractivity contribution in [2.75, 3.05) is 32.8 Å². The van der Waals surface area contributed by atoms with Gasteiger partial charge in [-0.05, 0) is 11.6 Å². The van der Waals surface area contributed by atoms with Crippen LogP contribution in [0.25, 0.3) is 0 Å². The molecule has 1 fully saturated rings. The van der Waals surface area contributed by atoms with Gasteiger partial charge in [0.15, 0.2) is 0 Å². The average Bonchev–Trinajstić information content (AvgIpc) is 2.34. The minimum atomic E-state index is 0.291. The van der Waals surface area contributed by atoms with Crippen LogP contribution in [0.1, 0.15) is 11.6 Å². The molecule has 3 nitrogen and oxygen atoms in total. The minimum absolute atomic E-state index is 0.291. The van der Waals surface area contributed by atoms with Crippen LogP contribution in [0, 0.1) is 0 Å². The Morgan fingerprint density at radius 1 is 1.31 bits per heavy atom. The van der Waals surface area contributed by atoms with Gasteiger partial charge in [-0.2, -0.15) is 0 Å². The third kappa shape index (κ3) is 2.63. The van der Waals surface area contributed by atoms with Crippen molar-refractivity contribution in [3.63, 3.8) is 0 Å². The fourth-order valence-corrected chi connectivity index (χ4v) is 2.66. The summed E-state index contributed by atoms with van der Waals surface area (Å²) < 4.78 is 6.50.